The summed E-state index contributed by atoms with van der Waals surface area (Å²) in [5.74, 6) is -0.511. The second-order valence-electron chi connectivity index (χ2n) is 3.52. The summed E-state index contributed by atoms with van der Waals surface area (Å²) in [6.07, 6.45) is 1.71. The van der Waals surface area contributed by atoms with Gasteiger partial charge in [0, 0.05) is 23.9 Å². The number of ether oxygens (including phenoxy) is 2. The second-order valence-corrected chi connectivity index (χ2v) is 3.52. The summed E-state index contributed by atoms with van der Waals surface area (Å²) in [7, 11) is 0. The number of amides is 1. The molecular weight excluding hydrogens is 238 g/mol. The molecule has 0 atom stereocenters. The van der Waals surface area contributed by atoms with Crippen LogP contribution in [0.1, 0.15) is 0 Å². The van der Waals surface area contributed by atoms with Crippen LogP contribution in [0.5, 0.6) is 11.5 Å². The largest absolute Gasteiger partial charge is 0.486 e. The number of carboxylic acid groups (broad SMARTS) is 1. The third-order valence-corrected chi connectivity index (χ3v) is 2.19. The highest BCUT2D eigenvalue weighted by Crippen LogP contribution is 2.32. The van der Waals surface area contributed by atoms with Gasteiger partial charge < -0.3 is 19.9 Å². The number of aliphatic carboxylic acids is 1. The molecule has 2 rings (SSSR count). The Balaban J connectivity index is 2.06. The van der Waals surface area contributed by atoms with Gasteiger partial charge in [0.05, 0.1) is 0 Å². The molecule has 1 aliphatic rings. The molecule has 1 amide bonds. The Bertz CT molecular complexity index is 509. The first-order valence-electron chi connectivity index (χ1n) is 5.27. The van der Waals surface area contributed by atoms with Crippen molar-refractivity contribution in [1.29, 1.82) is 0 Å². The molecule has 6 nitrogen and oxygen atoms in total. The molecule has 2 N–H and O–H groups in total. The van der Waals surface area contributed by atoms with E-state index in [1.165, 1.54) is 0 Å². The molecule has 0 bridgehead atoms. The molecule has 0 aliphatic carbocycles. The lowest BCUT2D eigenvalue weighted by molar-refractivity contribution is -0.131. The minimum absolute atomic E-state index is 0.462. The maximum absolute atomic E-state index is 11.4. The van der Waals surface area contributed by atoms with Gasteiger partial charge in [-0.3, -0.25) is 4.79 Å². The van der Waals surface area contributed by atoms with E-state index in [0.717, 1.165) is 12.2 Å². The number of carbonyl (C=O) groups is 2. The fourth-order valence-electron chi connectivity index (χ4n) is 1.45. The van der Waals surface area contributed by atoms with Crippen LogP contribution in [-0.2, 0) is 9.59 Å². The van der Waals surface area contributed by atoms with Gasteiger partial charge in [0.15, 0.2) is 11.5 Å². The number of hydrogen-bond donors (Lipinski definition) is 2. The third kappa shape index (κ3) is 3.00. The highest BCUT2D eigenvalue weighted by molar-refractivity contribution is 6.02. The van der Waals surface area contributed by atoms with Crippen molar-refractivity contribution < 1.29 is 24.2 Å². The van der Waals surface area contributed by atoms with Crippen molar-refractivity contribution >= 4 is 17.6 Å². The highest BCUT2D eigenvalue weighted by Gasteiger charge is 2.12. The summed E-state index contributed by atoms with van der Waals surface area (Å²) in [5.41, 5.74) is 0.513. The van der Waals surface area contributed by atoms with Crippen LogP contribution in [0.15, 0.2) is 30.4 Å². The van der Waals surface area contributed by atoms with E-state index in [2.05, 4.69) is 5.32 Å². The normalized spacial score (nSPS) is 13.3. The number of carbonyl (C=O) groups excluding carboxylic acids is 1. The molecule has 0 unspecified atom stereocenters. The van der Waals surface area contributed by atoms with Gasteiger partial charge in [-0.15, -0.1) is 0 Å². The molecule has 94 valence electrons. The van der Waals surface area contributed by atoms with Crippen LogP contribution in [0.4, 0.5) is 5.69 Å². The minimum atomic E-state index is -1.17. The van der Waals surface area contributed by atoms with Gasteiger partial charge in [0.2, 0.25) is 5.91 Å². The van der Waals surface area contributed by atoms with E-state index in [-0.39, 0.29) is 0 Å². The summed E-state index contributed by atoms with van der Waals surface area (Å²) in [5, 5.41) is 10.9. The number of rotatable bonds is 3. The van der Waals surface area contributed by atoms with Crippen LogP contribution in [0.25, 0.3) is 0 Å². The van der Waals surface area contributed by atoms with Crippen molar-refractivity contribution in [2.24, 2.45) is 0 Å². The molecule has 6 heteroatoms. The molecule has 1 aliphatic heterocycles. The second kappa shape index (κ2) is 5.22. The third-order valence-electron chi connectivity index (χ3n) is 2.19. The molecule has 0 aromatic heterocycles. The zero-order valence-corrected chi connectivity index (χ0v) is 9.38. The van der Waals surface area contributed by atoms with Crippen molar-refractivity contribution in [3.63, 3.8) is 0 Å². The Labute approximate surface area is 103 Å². The number of nitrogens with one attached hydrogen (secondary N) is 1. The van der Waals surface area contributed by atoms with Crippen molar-refractivity contribution in [2.75, 3.05) is 18.5 Å². The van der Waals surface area contributed by atoms with Gasteiger partial charge in [-0.25, -0.2) is 4.79 Å². The standard InChI is InChI=1S/C12H11NO5/c14-11(3-4-12(15)16)13-8-1-2-9-10(7-8)18-6-5-17-9/h1-4,7H,5-6H2,(H,13,14)(H,15,16). The molecule has 0 spiro atoms. The lowest BCUT2D eigenvalue weighted by atomic mass is 10.2. The van der Waals surface area contributed by atoms with E-state index in [1.807, 2.05) is 0 Å². The first-order valence-corrected chi connectivity index (χ1v) is 5.27. The van der Waals surface area contributed by atoms with Gasteiger partial charge in [0.25, 0.3) is 0 Å². The minimum Gasteiger partial charge on any atom is -0.486 e. The van der Waals surface area contributed by atoms with Crippen molar-refractivity contribution in [1.82, 2.24) is 0 Å². The Hall–Kier alpha value is -2.50. The van der Waals surface area contributed by atoms with Gasteiger partial charge in [-0.1, -0.05) is 0 Å². The van der Waals surface area contributed by atoms with Crippen LogP contribution in [0, 0.1) is 0 Å². The molecule has 18 heavy (non-hydrogen) atoms. The fraction of sp³-hybridized carbons (Fsp3) is 0.167. The van der Waals surface area contributed by atoms with Gasteiger partial charge in [-0.05, 0) is 12.1 Å². The average Bonchev–Trinajstić information content (AvgIpc) is 2.36. The zero-order chi connectivity index (χ0) is 13.0. The Kier molecular flexibility index (Phi) is 3.47. The summed E-state index contributed by atoms with van der Waals surface area (Å²) in [6.45, 7) is 0.962. The maximum Gasteiger partial charge on any atom is 0.328 e. The van der Waals surface area contributed by atoms with Gasteiger partial charge >= 0.3 is 5.97 Å². The first kappa shape index (κ1) is 12.0. The van der Waals surface area contributed by atoms with Crippen molar-refractivity contribution in [3.8, 4) is 11.5 Å². The molecule has 1 heterocycles. The SMILES string of the molecule is O=C(O)C=CC(=O)Nc1ccc2c(c1)OCCO2. The van der Waals surface area contributed by atoms with Crippen LogP contribution in [0.2, 0.25) is 0 Å². The maximum atomic E-state index is 11.4. The van der Waals surface area contributed by atoms with E-state index >= 15 is 0 Å². The van der Waals surface area contributed by atoms with Crippen LogP contribution >= 0.6 is 0 Å². The van der Waals surface area contributed by atoms with Gasteiger partial charge in [0.1, 0.15) is 13.2 Å². The number of anilines is 1. The monoisotopic (exact) mass is 249 g/mol. The summed E-state index contributed by atoms with van der Waals surface area (Å²) < 4.78 is 10.7. The van der Waals surface area contributed by atoms with E-state index < -0.39 is 11.9 Å². The van der Waals surface area contributed by atoms with E-state index in [0.29, 0.717) is 30.4 Å². The zero-order valence-electron chi connectivity index (χ0n) is 9.38. The molecule has 1 aromatic carbocycles. The quantitative estimate of drug-likeness (QED) is 0.782. The molecule has 0 radical (unpaired) electrons. The Morgan fingerprint density at radius 2 is 1.89 bits per heavy atom. The molecule has 0 saturated carbocycles. The number of hydrogen-bond acceptors (Lipinski definition) is 4. The molecule has 0 fully saturated rings. The van der Waals surface area contributed by atoms with Crippen molar-refractivity contribution in [2.45, 2.75) is 0 Å². The van der Waals surface area contributed by atoms with Gasteiger partial charge in [-0.2, -0.15) is 0 Å². The lowest BCUT2D eigenvalue weighted by Gasteiger charge is -2.18. The Morgan fingerprint density at radius 3 is 2.61 bits per heavy atom. The lowest BCUT2D eigenvalue weighted by Crippen LogP contribution is -2.16. The van der Waals surface area contributed by atoms with Crippen LogP contribution < -0.4 is 14.8 Å². The summed E-state index contributed by atoms with van der Waals surface area (Å²) >= 11 is 0. The average molecular weight is 249 g/mol. The highest BCUT2D eigenvalue weighted by atomic mass is 16.6. The fourth-order valence-corrected chi connectivity index (χ4v) is 1.45. The van der Waals surface area contributed by atoms with E-state index in [1.54, 1.807) is 18.2 Å². The molecule has 1 aromatic rings. The summed E-state index contributed by atoms with van der Waals surface area (Å²) in [6, 6.07) is 4.96. The molecule has 0 saturated heterocycles. The predicted molar refractivity (Wildman–Crippen MR) is 62.8 cm³/mol. The Morgan fingerprint density at radius 1 is 1.17 bits per heavy atom. The first-order chi connectivity index (χ1) is 8.65. The van der Waals surface area contributed by atoms with Crippen molar-refractivity contribution in [3.05, 3.63) is 30.4 Å². The summed E-state index contributed by atoms with van der Waals surface area (Å²) in [4.78, 5) is 21.6. The number of benzene rings is 1. The van der Waals surface area contributed by atoms with E-state index in [4.69, 9.17) is 14.6 Å². The number of carboxylic acids is 1. The van der Waals surface area contributed by atoms with Crippen LogP contribution in [0.3, 0.4) is 0 Å². The predicted octanol–water partition coefficient (Wildman–Crippen LogP) is 1.04. The number of fused-ring (bicyclic) bond motifs is 1. The van der Waals surface area contributed by atoms with E-state index in [9.17, 15) is 9.59 Å². The smallest absolute Gasteiger partial charge is 0.328 e. The van der Waals surface area contributed by atoms with Crippen LogP contribution in [-0.4, -0.2) is 30.2 Å². The molecular formula is C12H11NO5. The topological polar surface area (TPSA) is 84.9 Å².